The SMILES string of the molecule is CCc1cc(C(=O)OC(CC)C(C)(C)C)c(C(=O)OC(CC)C(C)(C)C)cc1CC. The number of hydrogen-bond acceptors (Lipinski definition) is 4. The molecule has 30 heavy (non-hydrogen) atoms. The van der Waals surface area contributed by atoms with Crippen LogP contribution >= 0.6 is 0 Å². The van der Waals surface area contributed by atoms with E-state index in [1.165, 1.54) is 0 Å². The van der Waals surface area contributed by atoms with Gasteiger partial charge in [-0.3, -0.25) is 0 Å². The van der Waals surface area contributed by atoms with E-state index in [4.69, 9.17) is 9.47 Å². The van der Waals surface area contributed by atoms with Crippen molar-refractivity contribution in [3.8, 4) is 0 Å². The van der Waals surface area contributed by atoms with Gasteiger partial charge < -0.3 is 9.47 Å². The summed E-state index contributed by atoms with van der Waals surface area (Å²) >= 11 is 0. The third-order valence-corrected chi connectivity index (χ3v) is 5.71. The van der Waals surface area contributed by atoms with Crippen LogP contribution in [0.1, 0.15) is 114 Å². The van der Waals surface area contributed by atoms with Crippen LogP contribution in [0, 0.1) is 10.8 Å². The zero-order valence-electron chi connectivity index (χ0n) is 20.8. The average Bonchev–Trinajstić information content (AvgIpc) is 2.66. The highest BCUT2D eigenvalue weighted by atomic mass is 16.6. The Balaban J connectivity index is 3.43. The lowest BCUT2D eigenvalue weighted by molar-refractivity contribution is -0.00794. The molecule has 4 nitrogen and oxygen atoms in total. The average molecular weight is 419 g/mol. The number of carbonyl (C=O) groups is 2. The van der Waals surface area contributed by atoms with Gasteiger partial charge in [-0.15, -0.1) is 0 Å². The monoisotopic (exact) mass is 418 g/mol. The highest BCUT2D eigenvalue weighted by Crippen LogP contribution is 2.29. The Kier molecular flexibility index (Phi) is 9.13. The lowest BCUT2D eigenvalue weighted by Gasteiger charge is -2.31. The van der Waals surface area contributed by atoms with Gasteiger partial charge in [0.25, 0.3) is 0 Å². The first-order chi connectivity index (χ1) is 13.8. The maximum Gasteiger partial charge on any atom is 0.339 e. The first-order valence-electron chi connectivity index (χ1n) is 11.4. The zero-order valence-corrected chi connectivity index (χ0v) is 20.8. The van der Waals surface area contributed by atoms with Crippen LogP contribution < -0.4 is 0 Å². The molecule has 0 aliphatic carbocycles. The molecule has 0 saturated heterocycles. The lowest BCUT2D eigenvalue weighted by atomic mass is 9.87. The normalized spacial score (nSPS) is 14.2. The number of rotatable bonds is 8. The van der Waals surface area contributed by atoms with Crippen LogP contribution in [0.2, 0.25) is 0 Å². The lowest BCUT2D eigenvalue weighted by Crippen LogP contribution is -2.33. The number of hydrogen-bond donors (Lipinski definition) is 0. The quantitative estimate of drug-likeness (QED) is 0.437. The molecule has 0 fully saturated rings. The van der Waals surface area contributed by atoms with Crippen molar-refractivity contribution >= 4 is 11.9 Å². The Bertz CT molecular complexity index is 672. The van der Waals surface area contributed by atoms with Crippen LogP contribution in [0.5, 0.6) is 0 Å². The maximum absolute atomic E-state index is 13.2. The molecule has 2 unspecified atom stereocenters. The molecular formula is C26H42O4. The van der Waals surface area contributed by atoms with E-state index < -0.39 is 11.9 Å². The summed E-state index contributed by atoms with van der Waals surface area (Å²) in [5, 5.41) is 0. The summed E-state index contributed by atoms with van der Waals surface area (Å²) in [6, 6.07) is 3.65. The summed E-state index contributed by atoms with van der Waals surface area (Å²) in [4.78, 5) is 26.4. The van der Waals surface area contributed by atoms with Gasteiger partial charge in [-0.25, -0.2) is 9.59 Å². The smallest absolute Gasteiger partial charge is 0.339 e. The molecule has 4 heteroatoms. The van der Waals surface area contributed by atoms with Crippen molar-refractivity contribution in [3.63, 3.8) is 0 Å². The third kappa shape index (κ3) is 6.58. The van der Waals surface area contributed by atoms with Gasteiger partial charge in [0.2, 0.25) is 0 Å². The predicted octanol–water partition coefficient (Wildman–Crippen LogP) is 6.77. The van der Waals surface area contributed by atoms with Crippen molar-refractivity contribution in [1.82, 2.24) is 0 Å². The fourth-order valence-corrected chi connectivity index (χ4v) is 3.82. The van der Waals surface area contributed by atoms with Crippen molar-refractivity contribution in [1.29, 1.82) is 0 Å². The molecule has 0 saturated carbocycles. The second-order valence-electron chi connectivity index (χ2n) is 10.2. The van der Waals surface area contributed by atoms with Crippen molar-refractivity contribution in [2.75, 3.05) is 0 Å². The fraction of sp³-hybridized carbons (Fsp3) is 0.692. The molecule has 170 valence electrons. The topological polar surface area (TPSA) is 52.6 Å². The van der Waals surface area contributed by atoms with Crippen molar-refractivity contribution in [2.24, 2.45) is 10.8 Å². The summed E-state index contributed by atoms with van der Waals surface area (Å²) in [7, 11) is 0. The summed E-state index contributed by atoms with van der Waals surface area (Å²) in [6.45, 7) is 20.4. The maximum atomic E-state index is 13.2. The van der Waals surface area contributed by atoms with Crippen molar-refractivity contribution < 1.29 is 19.1 Å². The van der Waals surface area contributed by atoms with E-state index >= 15 is 0 Å². The minimum Gasteiger partial charge on any atom is -0.458 e. The van der Waals surface area contributed by atoms with Gasteiger partial charge in [0.15, 0.2) is 0 Å². The number of ether oxygens (including phenoxy) is 2. The number of benzene rings is 1. The van der Waals surface area contributed by atoms with Crippen LogP contribution in [0.3, 0.4) is 0 Å². The minimum atomic E-state index is -0.454. The Morgan fingerprint density at radius 1 is 0.700 bits per heavy atom. The summed E-state index contributed by atoms with van der Waals surface area (Å²) in [5.74, 6) is -0.908. The largest absolute Gasteiger partial charge is 0.458 e. The van der Waals surface area contributed by atoms with Gasteiger partial charge in [0, 0.05) is 0 Å². The molecule has 0 bridgehead atoms. The van der Waals surface area contributed by atoms with E-state index in [-0.39, 0.29) is 23.0 Å². The molecule has 0 aliphatic rings. The fourth-order valence-electron chi connectivity index (χ4n) is 3.82. The van der Waals surface area contributed by atoms with E-state index in [0.717, 1.165) is 24.0 Å². The first-order valence-corrected chi connectivity index (χ1v) is 11.4. The predicted molar refractivity (Wildman–Crippen MR) is 123 cm³/mol. The first kappa shape index (κ1) is 26.2. The molecule has 0 amide bonds. The second-order valence-corrected chi connectivity index (χ2v) is 10.2. The molecular weight excluding hydrogens is 376 g/mol. The number of aryl methyl sites for hydroxylation is 2. The Morgan fingerprint density at radius 2 is 1.00 bits per heavy atom. The van der Waals surface area contributed by atoms with Crippen LogP contribution in [-0.4, -0.2) is 24.1 Å². The summed E-state index contributed by atoms with van der Waals surface area (Å²) < 4.78 is 11.7. The van der Waals surface area contributed by atoms with E-state index in [2.05, 4.69) is 55.4 Å². The van der Waals surface area contributed by atoms with E-state index in [0.29, 0.717) is 24.0 Å². The van der Waals surface area contributed by atoms with E-state index in [1.54, 1.807) is 0 Å². The highest BCUT2D eigenvalue weighted by molar-refractivity contribution is 6.03. The Labute approximate surface area is 183 Å². The molecule has 2 atom stereocenters. The van der Waals surface area contributed by atoms with Gasteiger partial charge in [-0.2, -0.15) is 0 Å². The Hall–Kier alpha value is -1.84. The molecule has 0 aromatic heterocycles. The van der Waals surface area contributed by atoms with Gasteiger partial charge >= 0.3 is 11.9 Å². The highest BCUT2D eigenvalue weighted by Gasteiger charge is 2.32. The van der Waals surface area contributed by atoms with Crippen molar-refractivity contribution in [3.05, 3.63) is 34.4 Å². The number of carbonyl (C=O) groups excluding carboxylic acids is 2. The molecule has 1 rings (SSSR count). The van der Waals surface area contributed by atoms with Gasteiger partial charge in [-0.1, -0.05) is 69.2 Å². The third-order valence-electron chi connectivity index (χ3n) is 5.71. The standard InChI is InChI=1S/C26H42O4/c1-11-17-15-19(23(27)29-21(13-3)25(5,6)7)20(16-18(17)12-2)24(28)30-22(14-4)26(8,9)10/h15-16,21-22H,11-14H2,1-10H3. The molecule has 0 N–H and O–H groups in total. The minimum absolute atomic E-state index is 0.179. The van der Waals surface area contributed by atoms with E-state index in [9.17, 15) is 9.59 Å². The van der Waals surface area contributed by atoms with Gasteiger partial charge in [0.05, 0.1) is 11.1 Å². The number of esters is 2. The molecule has 1 aromatic carbocycles. The van der Waals surface area contributed by atoms with Crippen LogP contribution in [0.25, 0.3) is 0 Å². The molecule has 1 aromatic rings. The van der Waals surface area contributed by atoms with Gasteiger partial charge in [0.1, 0.15) is 12.2 Å². The molecule has 0 heterocycles. The molecule has 0 spiro atoms. The van der Waals surface area contributed by atoms with E-state index in [1.807, 2.05) is 26.0 Å². The van der Waals surface area contributed by atoms with Crippen LogP contribution in [0.15, 0.2) is 12.1 Å². The molecule has 0 radical (unpaired) electrons. The zero-order chi connectivity index (χ0) is 23.3. The van der Waals surface area contributed by atoms with Crippen LogP contribution in [0.4, 0.5) is 0 Å². The van der Waals surface area contributed by atoms with Crippen molar-refractivity contribution in [2.45, 2.75) is 107 Å². The van der Waals surface area contributed by atoms with Gasteiger partial charge in [-0.05, 0) is 59.8 Å². The summed E-state index contributed by atoms with van der Waals surface area (Å²) in [5.41, 5.74) is 2.38. The second kappa shape index (κ2) is 10.5. The van der Waals surface area contributed by atoms with Crippen LogP contribution in [-0.2, 0) is 22.3 Å². The summed E-state index contributed by atoms with van der Waals surface area (Å²) in [6.07, 6.45) is 2.53. The Morgan fingerprint density at radius 3 is 1.20 bits per heavy atom. The molecule has 0 aliphatic heterocycles.